The molecule has 3 rings (SSSR count). The predicted octanol–water partition coefficient (Wildman–Crippen LogP) is 1.00. The molecular weight excluding hydrogens is 292 g/mol. The zero-order valence-electron chi connectivity index (χ0n) is 12.6. The molecule has 2 saturated heterocycles. The van der Waals surface area contributed by atoms with Crippen molar-refractivity contribution in [2.45, 2.75) is 50.6 Å². The monoisotopic (exact) mass is 313 g/mol. The van der Waals surface area contributed by atoms with E-state index in [0.717, 1.165) is 25.2 Å². The van der Waals surface area contributed by atoms with Crippen molar-refractivity contribution in [3.8, 4) is 0 Å². The highest BCUT2D eigenvalue weighted by molar-refractivity contribution is 5.82. The number of likely N-dealkylation sites (tertiary alicyclic amines) is 1. The van der Waals surface area contributed by atoms with Gasteiger partial charge >= 0.3 is 0 Å². The zero-order chi connectivity index (χ0) is 15.7. The highest BCUT2D eigenvalue weighted by atomic mass is 19.3. The summed E-state index contributed by atoms with van der Waals surface area (Å²) in [5.74, 6) is -1.73. The van der Waals surface area contributed by atoms with E-state index in [1.54, 1.807) is 11.2 Å². The molecule has 1 aromatic heterocycles. The molecule has 0 aliphatic carbocycles. The Kier molecular flexibility index (Phi) is 4.12. The molecule has 0 spiro atoms. The van der Waals surface area contributed by atoms with Gasteiger partial charge in [0.2, 0.25) is 5.91 Å². The van der Waals surface area contributed by atoms with Crippen LogP contribution in [0.2, 0.25) is 0 Å². The summed E-state index contributed by atoms with van der Waals surface area (Å²) in [7, 11) is 0. The van der Waals surface area contributed by atoms with Crippen LogP contribution in [0.25, 0.3) is 0 Å². The molecular formula is C14H21F2N5O. The number of aromatic nitrogens is 3. The maximum atomic E-state index is 13.2. The second kappa shape index (κ2) is 5.91. The van der Waals surface area contributed by atoms with Crippen LogP contribution >= 0.6 is 0 Å². The van der Waals surface area contributed by atoms with E-state index in [4.69, 9.17) is 0 Å². The minimum absolute atomic E-state index is 0.201. The van der Waals surface area contributed by atoms with Gasteiger partial charge in [0.15, 0.2) is 0 Å². The summed E-state index contributed by atoms with van der Waals surface area (Å²) in [6.45, 7) is 3.63. The molecule has 1 aromatic rings. The van der Waals surface area contributed by atoms with Crippen LogP contribution < -0.4 is 5.32 Å². The van der Waals surface area contributed by atoms with Crippen LogP contribution in [-0.2, 0) is 11.3 Å². The molecule has 1 unspecified atom stereocenters. The van der Waals surface area contributed by atoms with Crippen LogP contribution in [0.1, 0.15) is 37.9 Å². The third-order valence-corrected chi connectivity index (χ3v) is 4.57. The Morgan fingerprint density at radius 3 is 2.77 bits per heavy atom. The van der Waals surface area contributed by atoms with Crippen LogP contribution in [0.3, 0.4) is 0 Å². The van der Waals surface area contributed by atoms with Crippen molar-refractivity contribution < 1.29 is 13.6 Å². The molecule has 2 fully saturated rings. The first kappa shape index (κ1) is 15.3. The van der Waals surface area contributed by atoms with Gasteiger partial charge < -0.3 is 9.47 Å². The van der Waals surface area contributed by atoms with Crippen LogP contribution in [0.4, 0.5) is 8.78 Å². The van der Waals surface area contributed by atoms with Gasteiger partial charge in [-0.2, -0.15) is 0 Å². The number of aryl methyl sites for hydroxylation is 1. The predicted molar refractivity (Wildman–Crippen MR) is 75.6 cm³/mol. The lowest BCUT2D eigenvalue weighted by Gasteiger charge is -2.33. The standard InChI is InChI=1S/C14H21F2N5O/c1-2-20-9-18-19-12(20)10-3-5-21(6-4-10)13(22)11-7-14(15,16)8-17-11/h9-11,17H,2-8H2,1H3. The maximum absolute atomic E-state index is 13.2. The van der Waals surface area contributed by atoms with Crippen molar-refractivity contribution in [3.05, 3.63) is 12.2 Å². The van der Waals surface area contributed by atoms with Gasteiger partial charge in [-0.25, -0.2) is 8.78 Å². The average Bonchev–Trinajstić information content (AvgIpc) is 3.12. The quantitative estimate of drug-likeness (QED) is 0.904. The summed E-state index contributed by atoms with van der Waals surface area (Å²) < 4.78 is 28.4. The zero-order valence-corrected chi connectivity index (χ0v) is 12.6. The minimum Gasteiger partial charge on any atom is -0.341 e. The summed E-state index contributed by atoms with van der Waals surface area (Å²) in [5.41, 5.74) is 0. The first-order valence-electron chi connectivity index (χ1n) is 7.78. The molecule has 1 N–H and O–H groups in total. The lowest BCUT2D eigenvalue weighted by atomic mass is 9.95. The summed E-state index contributed by atoms with van der Waals surface area (Å²) in [4.78, 5) is 14.0. The Hall–Kier alpha value is -1.57. The number of carbonyl (C=O) groups excluding carboxylic acids is 1. The molecule has 1 amide bonds. The fourth-order valence-corrected chi connectivity index (χ4v) is 3.29. The SMILES string of the molecule is CCn1cnnc1C1CCN(C(=O)C2CC(F)(F)CN2)CC1. The number of amides is 1. The highest BCUT2D eigenvalue weighted by Gasteiger charge is 2.44. The minimum atomic E-state index is -2.77. The van der Waals surface area contributed by atoms with E-state index in [2.05, 4.69) is 15.5 Å². The van der Waals surface area contributed by atoms with Crippen LogP contribution in [0.5, 0.6) is 0 Å². The molecule has 2 aliphatic heterocycles. The van der Waals surface area contributed by atoms with Crippen molar-refractivity contribution >= 4 is 5.91 Å². The van der Waals surface area contributed by atoms with Crippen LogP contribution in [0, 0.1) is 0 Å². The van der Waals surface area contributed by atoms with Crippen molar-refractivity contribution in [2.24, 2.45) is 0 Å². The van der Waals surface area contributed by atoms with E-state index < -0.39 is 24.9 Å². The van der Waals surface area contributed by atoms with Crippen molar-refractivity contribution in [1.29, 1.82) is 0 Å². The smallest absolute Gasteiger partial charge is 0.262 e. The molecule has 8 heteroatoms. The number of hydrogen-bond acceptors (Lipinski definition) is 4. The normalized spacial score (nSPS) is 25.6. The fourth-order valence-electron chi connectivity index (χ4n) is 3.29. The second-order valence-electron chi connectivity index (χ2n) is 6.07. The van der Waals surface area contributed by atoms with Crippen molar-refractivity contribution in [1.82, 2.24) is 25.0 Å². The van der Waals surface area contributed by atoms with Crippen molar-refractivity contribution in [2.75, 3.05) is 19.6 Å². The first-order chi connectivity index (χ1) is 10.5. The summed E-state index contributed by atoms with van der Waals surface area (Å²) in [6, 6.07) is -0.745. The van der Waals surface area contributed by atoms with Gasteiger partial charge in [0.25, 0.3) is 5.92 Å². The molecule has 1 atom stereocenters. The molecule has 0 radical (unpaired) electrons. The largest absolute Gasteiger partial charge is 0.341 e. The Bertz CT molecular complexity index is 539. The number of rotatable bonds is 3. The van der Waals surface area contributed by atoms with Gasteiger partial charge in [-0.05, 0) is 19.8 Å². The van der Waals surface area contributed by atoms with E-state index in [9.17, 15) is 13.6 Å². The first-order valence-corrected chi connectivity index (χ1v) is 7.78. The Morgan fingerprint density at radius 2 is 2.18 bits per heavy atom. The van der Waals surface area contributed by atoms with E-state index in [-0.39, 0.29) is 11.8 Å². The van der Waals surface area contributed by atoms with Gasteiger partial charge in [-0.3, -0.25) is 10.1 Å². The lowest BCUT2D eigenvalue weighted by Crippen LogP contribution is -2.46. The molecule has 122 valence electrons. The van der Waals surface area contributed by atoms with Gasteiger partial charge in [0.1, 0.15) is 12.2 Å². The number of halogens is 2. The van der Waals surface area contributed by atoms with E-state index in [1.807, 2.05) is 11.5 Å². The Morgan fingerprint density at radius 1 is 1.45 bits per heavy atom. The third-order valence-electron chi connectivity index (χ3n) is 4.57. The van der Waals surface area contributed by atoms with E-state index in [0.29, 0.717) is 13.1 Å². The molecule has 3 heterocycles. The molecule has 22 heavy (non-hydrogen) atoms. The average molecular weight is 313 g/mol. The molecule has 0 bridgehead atoms. The number of hydrogen-bond donors (Lipinski definition) is 1. The maximum Gasteiger partial charge on any atom is 0.262 e. The number of piperidine rings is 1. The van der Waals surface area contributed by atoms with E-state index in [1.165, 1.54) is 0 Å². The third kappa shape index (κ3) is 2.97. The topological polar surface area (TPSA) is 63.1 Å². The molecule has 6 nitrogen and oxygen atoms in total. The van der Waals surface area contributed by atoms with Crippen LogP contribution in [-0.4, -0.2) is 57.2 Å². The van der Waals surface area contributed by atoms with Gasteiger partial charge in [-0.1, -0.05) is 0 Å². The van der Waals surface area contributed by atoms with Gasteiger partial charge in [-0.15, -0.1) is 10.2 Å². The Balaban J connectivity index is 1.57. The van der Waals surface area contributed by atoms with Crippen molar-refractivity contribution in [3.63, 3.8) is 0 Å². The molecule has 0 aromatic carbocycles. The van der Waals surface area contributed by atoms with Crippen LogP contribution in [0.15, 0.2) is 6.33 Å². The lowest BCUT2D eigenvalue weighted by molar-refractivity contribution is -0.134. The Labute approximate surface area is 127 Å². The van der Waals surface area contributed by atoms with Gasteiger partial charge in [0, 0.05) is 32.0 Å². The van der Waals surface area contributed by atoms with Gasteiger partial charge in [0.05, 0.1) is 12.6 Å². The molecule has 2 aliphatic rings. The summed E-state index contributed by atoms with van der Waals surface area (Å²) in [5, 5.41) is 10.7. The number of carbonyl (C=O) groups is 1. The summed E-state index contributed by atoms with van der Waals surface area (Å²) in [6.07, 6.45) is 2.93. The molecule has 0 saturated carbocycles. The fraction of sp³-hybridized carbons (Fsp3) is 0.786. The van der Waals surface area contributed by atoms with E-state index >= 15 is 0 Å². The number of alkyl halides is 2. The second-order valence-corrected chi connectivity index (χ2v) is 6.07. The summed E-state index contributed by atoms with van der Waals surface area (Å²) >= 11 is 0. The number of nitrogens with one attached hydrogen (secondary N) is 1. The number of nitrogens with zero attached hydrogens (tertiary/aromatic N) is 4. The highest BCUT2D eigenvalue weighted by Crippen LogP contribution is 2.29.